The van der Waals surface area contributed by atoms with Gasteiger partial charge in [0.05, 0.1) is 12.8 Å². The monoisotopic (exact) mass is 382 g/mol. The van der Waals surface area contributed by atoms with Crippen molar-refractivity contribution in [1.29, 1.82) is 0 Å². The van der Waals surface area contributed by atoms with Gasteiger partial charge in [-0.25, -0.2) is 9.97 Å². The van der Waals surface area contributed by atoms with Gasteiger partial charge >= 0.3 is 0 Å². The number of carbonyl (C=O) groups is 1. The zero-order valence-corrected chi connectivity index (χ0v) is 16.0. The summed E-state index contributed by atoms with van der Waals surface area (Å²) < 4.78 is 5.38. The lowest BCUT2D eigenvalue weighted by atomic mass is 10.1. The van der Waals surface area contributed by atoms with Crippen LogP contribution in [0.3, 0.4) is 0 Å². The van der Waals surface area contributed by atoms with Crippen molar-refractivity contribution in [3.05, 3.63) is 64.9 Å². The first-order valence-corrected chi connectivity index (χ1v) is 8.65. The Labute approximate surface area is 162 Å². The third-order valence-corrected chi connectivity index (χ3v) is 4.36. The average molecular weight is 383 g/mol. The molecule has 0 saturated carbocycles. The van der Waals surface area contributed by atoms with E-state index in [9.17, 15) is 4.79 Å². The van der Waals surface area contributed by atoms with E-state index in [1.807, 2.05) is 25.1 Å². The van der Waals surface area contributed by atoms with Crippen LogP contribution < -0.4 is 15.4 Å². The van der Waals surface area contributed by atoms with Gasteiger partial charge in [0.25, 0.3) is 0 Å². The van der Waals surface area contributed by atoms with E-state index in [1.165, 1.54) is 13.3 Å². The SMILES string of the molecule is COc1cc(Cl)c(C)cc1Nc1cc(Nc2cccc(C(C)=O)c2)ncn1. The van der Waals surface area contributed by atoms with E-state index in [-0.39, 0.29) is 5.78 Å². The molecule has 2 aromatic carbocycles. The van der Waals surface area contributed by atoms with E-state index < -0.39 is 0 Å². The van der Waals surface area contributed by atoms with Crippen molar-refractivity contribution in [2.24, 2.45) is 0 Å². The predicted octanol–water partition coefficient (Wildman–Crippen LogP) is 5.14. The van der Waals surface area contributed by atoms with Crippen molar-refractivity contribution >= 4 is 40.4 Å². The van der Waals surface area contributed by atoms with Crippen LogP contribution >= 0.6 is 11.6 Å². The molecule has 7 heteroatoms. The van der Waals surface area contributed by atoms with Gasteiger partial charge in [0.2, 0.25) is 0 Å². The van der Waals surface area contributed by atoms with Crippen LogP contribution in [0.4, 0.5) is 23.0 Å². The number of ether oxygens (including phenoxy) is 1. The highest BCUT2D eigenvalue weighted by molar-refractivity contribution is 6.31. The summed E-state index contributed by atoms with van der Waals surface area (Å²) in [5.41, 5.74) is 3.08. The second kappa shape index (κ2) is 8.05. The molecule has 27 heavy (non-hydrogen) atoms. The number of halogens is 1. The van der Waals surface area contributed by atoms with Crippen molar-refractivity contribution in [2.45, 2.75) is 13.8 Å². The Balaban J connectivity index is 1.83. The number of hydrogen-bond acceptors (Lipinski definition) is 6. The molecule has 1 heterocycles. The molecule has 0 atom stereocenters. The quantitative estimate of drug-likeness (QED) is 0.575. The van der Waals surface area contributed by atoms with Crippen LogP contribution in [0.15, 0.2) is 48.8 Å². The smallest absolute Gasteiger partial charge is 0.159 e. The normalized spacial score (nSPS) is 10.4. The maximum atomic E-state index is 11.5. The first kappa shape index (κ1) is 18.7. The Morgan fingerprint density at radius 3 is 2.52 bits per heavy atom. The summed E-state index contributed by atoms with van der Waals surface area (Å²) in [5.74, 6) is 1.81. The van der Waals surface area contributed by atoms with Crippen molar-refractivity contribution < 1.29 is 9.53 Å². The van der Waals surface area contributed by atoms with Crippen molar-refractivity contribution in [1.82, 2.24) is 9.97 Å². The number of nitrogens with one attached hydrogen (secondary N) is 2. The number of aryl methyl sites for hydroxylation is 1. The number of benzene rings is 2. The number of aromatic nitrogens is 2. The highest BCUT2D eigenvalue weighted by Crippen LogP contribution is 2.33. The number of carbonyl (C=O) groups excluding carboxylic acids is 1. The number of rotatable bonds is 6. The Bertz CT molecular complexity index is 991. The zero-order chi connectivity index (χ0) is 19.4. The maximum absolute atomic E-state index is 11.5. The number of Topliss-reactive ketones (excluding diaryl/α,β-unsaturated/α-hetero) is 1. The lowest BCUT2D eigenvalue weighted by Gasteiger charge is -2.13. The summed E-state index contributed by atoms with van der Waals surface area (Å²) in [5, 5.41) is 7.03. The molecule has 3 rings (SSSR count). The topological polar surface area (TPSA) is 76.1 Å². The van der Waals surface area contributed by atoms with E-state index in [1.54, 1.807) is 31.4 Å². The van der Waals surface area contributed by atoms with E-state index in [4.69, 9.17) is 16.3 Å². The van der Waals surface area contributed by atoms with Gasteiger partial charge in [0, 0.05) is 28.4 Å². The highest BCUT2D eigenvalue weighted by Gasteiger charge is 2.09. The molecule has 0 fully saturated rings. The van der Waals surface area contributed by atoms with Crippen LogP contribution in [0.2, 0.25) is 5.02 Å². The number of nitrogens with zero attached hydrogens (tertiary/aromatic N) is 2. The lowest BCUT2D eigenvalue weighted by Crippen LogP contribution is -2.01. The molecular weight excluding hydrogens is 364 g/mol. The van der Waals surface area contributed by atoms with Crippen molar-refractivity contribution in [3.8, 4) is 5.75 Å². The van der Waals surface area contributed by atoms with Gasteiger partial charge in [-0.2, -0.15) is 0 Å². The van der Waals surface area contributed by atoms with E-state index in [0.717, 1.165) is 16.9 Å². The Kier molecular flexibility index (Phi) is 5.57. The molecule has 0 bridgehead atoms. The third-order valence-electron chi connectivity index (χ3n) is 3.95. The number of ketones is 1. The zero-order valence-electron chi connectivity index (χ0n) is 15.2. The first-order valence-electron chi connectivity index (χ1n) is 8.27. The molecule has 0 saturated heterocycles. The van der Waals surface area contributed by atoms with Crippen LogP contribution in [0.5, 0.6) is 5.75 Å². The molecule has 0 amide bonds. The summed E-state index contributed by atoms with van der Waals surface area (Å²) in [6.07, 6.45) is 1.45. The molecule has 6 nitrogen and oxygen atoms in total. The molecule has 0 aliphatic rings. The molecule has 1 aromatic heterocycles. The van der Waals surface area contributed by atoms with Gasteiger partial charge in [-0.1, -0.05) is 23.7 Å². The minimum atomic E-state index is 0.00824. The Morgan fingerprint density at radius 2 is 1.81 bits per heavy atom. The summed E-state index contributed by atoms with van der Waals surface area (Å²) in [6.45, 7) is 3.45. The van der Waals surface area contributed by atoms with E-state index in [2.05, 4.69) is 20.6 Å². The molecule has 0 unspecified atom stereocenters. The van der Waals surface area contributed by atoms with Gasteiger partial charge in [0.1, 0.15) is 23.7 Å². The fourth-order valence-electron chi connectivity index (χ4n) is 2.53. The Hall–Kier alpha value is -3.12. The first-order chi connectivity index (χ1) is 13.0. The summed E-state index contributed by atoms with van der Waals surface area (Å²) in [6, 6.07) is 12.7. The fraction of sp³-hybridized carbons (Fsp3) is 0.150. The second-order valence-corrected chi connectivity index (χ2v) is 6.38. The summed E-state index contributed by atoms with van der Waals surface area (Å²) in [4.78, 5) is 20.0. The molecule has 0 aliphatic heterocycles. The second-order valence-electron chi connectivity index (χ2n) is 5.98. The van der Waals surface area contributed by atoms with Crippen LogP contribution in [0, 0.1) is 6.92 Å². The summed E-state index contributed by atoms with van der Waals surface area (Å²) in [7, 11) is 1.58. The third kappa shape index (κ3) is 4.54. The Morgan fingerprint density at radius 1 is 1.07 bits per heavy atom. The van der Waals surface area contributed by atoms with E-state index >= 15 is 0 Å². The number of methoxy groups -OCH3 is 1. The van der Waals surface area contributed by atoms with Crippen molar-refractivity contribution in [3.63, 3.8) is 0 Å². The standard InChI is InChI=1S/C20H19ClN4O2/c1-12-7-17(18(27-3)9-16(12)21)25-20-10-19(22-11-23-20)24-15-6-4-5-14(8-15)13(2)26/h4-11H,1-3H3,(H2,22,23,24,25). The lowest BCUT2D eigenvalue weighted by molar-refractivity contribution is 0.101. The van der Waals surface area contributed by atoms with Crippen LogP contribution in [0.25, 0.3) is 0 Å². The number of hydrogen-bond donors (Lipinski definition) is 2. The molecule has 0 radical (unpaired) electrons. The average Bonchev–Trinajstić information content (AvgIpc) is 2.65. The van der Waals surface area contributed by atoms with Gasteiger partial charge < -0.3 is 15.4 Å². The van der Waals surface area contributed by atoms with Crippen LogP contribution in [0.1, 0.15) is 22.8 Å². The molecule has 138 valence electrons. The van der Waals surface area contributed by atoms with Crippen LogP contribution in [-0.2, 0) is 0 Å². The minimum absolute atomic E-state index is 0.00824. The largest absolute Gasteiger partial charge is 0.495 e. The fourth-order valence-corrected chi connectivity index (χ4v) is 2.68. The molecule has 0 spiro atoms. The van der Waals surface area contributed by atoms with Gasteiger partial charge in [-0.05, 0) is 37.6 Å². The van der Waals surface area contributed by atoms with Crippen LogP contribution in [-0.4, -0.2) is 22.9 Å². The highest BCUT2D eigenvalue weighted by atomic mass is 35.5. The number of anilines is 4. The summed E-state index contributed by atoms with van der Waals surface area (Å²) >= 11 is 6.15. The van der Waals surface area contributed by atoms with E-state index in [0.29, 0.717) is 28.0 Å². The molecule has 0 aliphatic carbocycles. The molecule has 2 N–H and O–H groups in total. The maximum Gasteiger partial charge on any atom is 0.159 e. The van der Waals surface area contributed by atoms with Gasteiger partial charge in [0.15, 0.2) is 5.78 Å². The van der Waals surface area contributed by atoms with Crippen molar-refractivity contribution in [2.75, 3.05) is 17.7 Å². The van der Waals surface area contributed by atoms with Gasteiger partial charge in [-0.15, -0.1) is 0 Å². The minimum Gasteiger partial charge on any atom is -0.495 e. The molecule has 3 aromatic rings. The predicted molar refractivity (Wildman–Crippen MR) is 108 cm³/mol. The molecular formula is C20H19ClN4O2. The van der Waals surface area contributed by atoms with Gasteiger partial charge in [-0.3, -0.25) is 4.79 Å².